The third-order valence-electron chi connectivity index (χ3n) is 3.24. The third kappa shape index (κ3) is 3.82. The largest absolute Gasteiger partial charge is 0.494 e. The summed E-state index contributed by atoms with van der Waals surface area (Å²) in [6.45, 7) is 2.97. The molecule has 2 nitrogen and oxygen atoms in total. The van der Waals surface area contributed by atoms with Gasteiger partial charge in [-0.2, -0.15) is 0 Å². The molecular weight excluding hydrogens is 236 g/mol. The maximum absolute atomic E-state index is 10.8. The van der Waals surface area contributed by atoms with E-state index in [1.54, 1.807) is 0 Å². The standard InChI is InChI=1S/C17H20O2/c1-2-3-4-5-10-19-17-9-8-15-7-6-14(13-18)11-16(15)12-17/h6-9,11-13H,2-5,10H2,1H3. The minimum Gasteiger partial charge on any atom is -0.494 e. The van der Waals surface area contributed by atoms with Gasteiger partial charge in [-0.15, -0.1) is 0 Å². The number of aldehydes is 1. The van der Waals surface area contributed by atoms with Crippen LogP contribution in [-0.4, -0.2) is 12.9 Å². The van der Waals surface area contributed by atoms with Crippen LogP contribution in [0, 0.1) is 0 Å². The van der Waals surface area contributed by atoms with Crippen molar-refractivity contribution in [1.82, 2.24) is 0 Å². The first kappa shape index (κ1) is 13.6. The topological polar surface area (TPSA) is 26.3 Å². The Bertz CT molecular complexity index is 546. The molecule has 0 aliphatic rings. The second kappa shape index (κ2) is 6.93. The first-order chi connectivity index (χ1) is 9.33. The Kier molecular flexibility index (Phi) is 4.96. The molecule has 0 spiro atoms. The molecule has 0 saturated carbocycles. The average Bonchev–Trinajstić information content (AvgIpc) is 2.46. The van der Waals surface area contributed by atoms with Gasteiger partial charge in [0.2, 0.25) is 0 Å². The van der Waals surface area contributed by atoms with E-state index in [9.17, 15) is 4.79 Å². The Morgan fingerprint density at radius 3 is 2.63 bits per heavy atom. The molecule has 2 heteroatoms. The molecule has 2 aromatic carbocycles. The summed E-state index contributed by atoms with van der Waals surface area (Å²) in [6, 6.07) is 11.7. The van der Waals surface area contributed by atoms with Crippen molar-refractivity contribution in [2.24, 2.45) is 0 Å². The number of benzene rings is 2. The molecule has 0 aliphatic carbocycles. The Hall–Kier alpha value is -1.83. The van der Waals surface area contributed by atoms with E-state index in [0.29, 0.717) is 5.56 Å². The minimum absolute atomic E-state index is 0.701. The van der Waals surface area contributed by atoms with Gasteiger partial charge >= 0.3 is 0 Å². The summed E-state index contributed by atoms with van der Waals surface area (Å²) in [7, 11) is 0. The molecule has 2 rings (SSSR count). The lowest BCUT2D eigenvalue weighted by Gasteiger charge is -2.07. The highest BCUT2D eigenvalue weighted by Gasteiger charge is 1.99. The van der Waals surface area contributed by atoms with E-state index in [1.807, 2.05) is 36.4 Å². The molecule has 0 amide bonds. The van der Waals surface area contributed by atoms with Crippen LogP contribution < -0.4 is 4.74 Å². The highest BCUT2D eigenvalue weighted by molar-refractivity contribution is 5.89. The quantitative estimate of drug-likeness (QED) is 0.534. The summed E-state index contributed by atoms with van der Waals surface area (Å²) in [4.78, 5) is 10.8. The number of rotatable bonds is 7. The SMILES string of the molecule is CCCCCCOc1ccc2ccc(C=O)cc2c1. The molecule has 0 aliphatic heterocycles. The molecule has 0 saturated heterocycles. The van der Waals surface area contributed by atoms with Crippen molar-refractivity contribution in [2.75, 3.05) is 6.61 Å². The van der Waals surface area contributed by atoms with Gasteiger partial charge in [0.1, 0.15) is 12.0 Å². The summed E-state index contributed by atoms with van der Waals surface area (Å²) in [5.74, 6) is 0.882. The van der Waals surface area contributed by atoms with Crippen LogP contribution in [0.3, 0.4) is 0 Å². The normalized spacial score (nSPS) is 10.6. The molecule has 0 aromatic heterocycles. The van der Waals surface area contributed by atoms with E-state index in [0.717, 1.165) is 35.8 Å². The number of carbonyl (C=O) groups is 1. The van der Waals surface area contributed by atoms with Crippen molar-refractivity contribution in [3.63, 3.8) is 0 Å². The zero-order chi connectivity index (χ0) is 13.5. The van der Waals surface area contributed by atoms with Gasteiger partial charge in [-0.3, -0.25) is 4.79 Å². The first-order valence-corrected chi connectivity index (χ1v) is 6.95. The summed E-state index contributed by atoms with van der Waals surface area (Å²) >= 11 is 0. The zero-order valence-electron chi connectivity index (χ0n) is 11.4. The Morgan fingerprint density at radius 1 is 1.00 bits per heavy atom. The van der Waals surface area contributed by atoms with Crippen molar-refractivity contribution in [1.29, 1.82) is 0 Å². The maximum atomic E-state index is 10.8. The van der Waals surface area contributed by atoms with Gasteiger partial charge in [-0.1, -0.05) is 44.4 Å². The maximum Gasteiger partial charge on any atom is 0.150 e. The lowest BCUT2D eigenvalue weighted by molar-refractivity contribution is 0.112. The number of hydrogen-bond acceptors (Lipinski definition) is 2. The first-order valence-electron chi connectivity index (χ1n) is 6.95. The summed E-state index contributed by atoms with van der Waals surface area (Å²) < 4.78 is 5.75. The van der Waals surface area contributed by atoms with E-state index in [2.05, 4.69) is 6.92 Å². The van der Waals surface area contributed by atoms with Crippen LogP contribution >= 0.6 is 0 Å². The molecule has 0 N–H and O–H groups in total. The predicted octanol–water partition coefficient (Wildman–Crippen LogP) is 4.61. The Labute approximate surface area is 114 Å². The van der Waals surface area contributed by atoms with Crippen LogP contribution in [0.15, 0.2) is 36.4 Å². The van der Waals surface area contributed by atoms with E-state index in [1.165, 1.54) is 19.3 Å². The van der Waals surface area contributed by atoms with Gasteiger partial charge in [0.05, 0.1) is 6.61 Å². The fourth-order valence-corrected chi connectivity index (χ4v) is 2.13. The van der Waals surface area contributed by atoms with Gasteiger partial charge < -0.3 is 4.74 Å². The van der Waals surface area contributed by atoms with E-state index >= 15 is 0 Å². The summed E-state index contributed by atoms with van der Waals surface area (Å²) in [5.41, 5.74) is 0.701. The van der Waals surface area contributed by atoms with E-state index in [-0.39, 0.29) is 0 Å². The van der Waals surface area contributed by atoms with Crippen molar-refractivity contribution >= 4 is 17.1 Å². The van der Waals surface area contributed by atoms with Crippen LogP contribution in [0.1, 0.15) is 43.0 Å². The van der Waals surface area contributed by atoms with E-state index < -0.39 is 0 Å². The van der Waals surface area contributed by atoms with Crippen molar-refractivity contribution < 1.29 is 9.53 Å². The molecule has 0 fully saturated rings. The van der Waals surface area contributed by atoms with Crippen LogP contribution in [-0.2, 0) is 0 Å². The highest BCUT2D eigenvalue weighted by Crippen LogP contribution is 2.22. The van der Waals surface area contributed by atoms with Crippen molar-refractivity contribution in [3.05, 3.63) is 42.0 Å². The van der Waals surface area contributed by atoms with Crippen LogP contribution in [0.4, 0.5) is 0 Å². The fraction of sp³-hybridized carbons (Fsp3) is 0.353. The van der Waals surface area contributed by atoms with Gasteiger partial charge in [0.15, 0.2) is 0 Å². The highest BCUT2D eigenvalue weighted by atomic mass is 16.5. The molecule has 0 bridgehead atoms. The predicted molar refractivity (Wildman–Crippen MR) is 79.0 cm³/mol. The second-order valence-corrected chi connectivity index (χ2v) is 4.80. The van der Waals surface area contributed by atoms with Crippen molar-refractivity contribution in [3.8, 4) is 5.75 Å². The summed E-state index contributed by atoms with van der Waals surface area (Å²) in [5, 5.41) is 2.18. The lowest BCUT2D eigenvalue weighted by Crippen LogP contribution is -1.97. The number of hydrogen-bond donors (Lipinski definition) is 0. The molecule has 0 atom stereocenters. The number of fused-ring (bicyclic) bond motifs is 1. The average molecular weight is 256 g/mol. The van der Waals surface area contributed by atoms with Gasteiger partial charge in [0, 0.05) is 5.56 Å². The molecule has 0 radical (unpaired) electrons. The fourth-order valence-electron chi connectivity index (χ4n) is 2.13. The second-order valence-electron chi connectivity index (χ2n) is 4.80. The molecule has 0 unspecified atom stereocenters. The third-order valence-corrected chi connectivity index (χ3v) is 3.24. The number of ether oxygens (including phenoxy) is 1. The Balaban J connectivity index is 2.01. The monoisotopic (exact) mass is 256 g/mol. The lowest BCUT2D eigenvalue weighted by atomic mass is 10.1. The van der Waals surface area contributed by atoms with Crippen molar-refractivity contribution in [2.45, 2.75) is 32.6 Å². The van der Waals surface area contributed by atoms with Gasteiger partial charge in [0.25, 0.3) is 0 Å². The van der Waals surface area contributed by atoms with E-state index in [4.69, 9.17) is 4.74 Å². The van der Waals surface area contributed by atoms with Crippen LogP contribution in [0.25, 0.3) is 10.8 Å². The Morgan fingerprint density at radius 2 is 1.84 bits per heavy atom. The van der Waals surface area contributed by atoms with Gasteiger partial charge in [-0.05, 0) is 35.4 Å². The minimum atomic E-state index is 0.701. The molecule has 19 heavy (non-hydrogen) atoms. The number of unbranched alkanes of at least 4 members (excludes halogenated alkanes) is 3. The molecule has 100 valence electrons. The molecule has 2 aromatic rings. The van der Waals surface area contributed by atoms with Crippen LogP contribution in [0.5, 0.6) is 5.75 Å². The zero-order valence-corrected chi connectivity index (χ0v) is 11.4. The smallest absolute Gasteiger partial charge is 0.150 e. The number of carbonyl (C=O) groups excluding carboxylic acids is 1. The molecular formula is C17H20O2. The van der Waals surface area contributed by atoms with Crippen LogP contribution in [0.2, 0.25) is 0 Å². The van der Waals surface area contributed by atoms with Gasteiger partial charge in [-0.25, -0.2) is 0 Å². The summed E-state index contributed by atoms with van der Waals surface area (Å²) in [6.07, 6.45) is 5.70. The molecule has 0 heterocycles.